The summed E-state index contributed by atoms with van der Waals surface area (Å²) in [6.45, 7) is 2.45. The van der Waals surface area contributed by atoms with Crippen molar-refractivity contribution in [3.05, 3.63) is 36.0 Å². The van der Waals surface area contributed by atoms with E-state index >= 15 is 0 Å². The first-order chi connectivity index (χ1) is 7.84. The molecule has 0 saturated carbocycles. The number of nitrogens with zero attached hydrogens (tertiary/aromatic N) is 1. The number of fused-ring (bicyclic) bond motifs is 1. The van der Waals surface area contributed by atoms with Crippen LogP contribution < -0.4 is 0 Å². The van der Waals surface area contributed by atoms with Gasteiger partial charge in [0, 0.05) is 17.1 Å². The molecule has 0 spiro atoms. The zero-order valence-electron chi connectivity index (χ0n) is 9.74. The van der Waals surface area contributed by atoms with Gasteiger partial charge in [0.15, 0.2) is 0 Å². The minimum Gasteiger partial charge on any atom is -0.361 e. The van der Waals surface area contributed by atoms with Crippen molar-refractivity contribution in [1.82, 2.24) is 9.88 Å². The molecule has 0 radical (unpaired) electrons. The van der Waals surface area contributed by atoms with Gasteiger partial charge in [0.1, 0.15) is 0 Å². The van der Waals surface area contributed by atoms with E-state index in [2.05, 4.69) is 47.4 Å². The second-order valence-corrected chi connectivity index (χ2v) is 4.87. The molecule has 1 aliphatic heterocycles. The number of benzene rings is 1. The van der Waals surface area contributed by atoms with Gasteiger partial charge in [-0.05, 0) is 50.5 Å². The molecule has 1 fully saturated rings. The summed E-state index contributed by atoms with van der Waals surface area (Å²) < 4.78 is 0. The van der Waals surface area contributed by atoms with Gasteiger partial charge in [-0.25, -0.2) is 0 Å². The maximum atomic E-state index is 3.38. The molecule has 84 valence electrons. The highest BCUT2D eigenvalue weighted by atomic mass is 15.1. The number of likely N-dealkylation sites (tertiary alicyclic amines) is 1. The second-order valence-electron chi connectivity index (χ2n) is 4.87. The lowest BCUT2D eigenvalue weighted by molar-refractivity contribution is 0.256. The van der Waals surface area contributed by atoms with Gasteiger partial charge in [-0.1, -0.05) is 18.2 Å². The molecule has 0 atom stereocenters. The summed E-state index contributed by atoms with van der Waals surface area (Å²) in [6.07, 6.45) is 4.79. The van der Waals surface area contributed by atoms with Gasteiger partial charge >= 0.3 is 0 Å². The molecule has 1 aromatic heterocycles. The van der Waals surface area contributed by atoms with Crippen LogP contribution in [0.5, 0.6) is 0 Å². The van der Waals surface area contributed by atoms with E-state index in [9.17, 15) is 0 Å². The van der Waals surface area contributed by atoms with Gasteiger partial charge < -0.3 is 9.88 Å². The zero-order valence-corrected chi connectivity index (χ0v) is 9.74. The summed E-state index contributed by atoms with van der Waals surface area (Å²) in [4.78, 5) is 5.81. The lowest BCUT2D eigenvalue weighted by Gasteiger charge is -2.28. The standard InChI is InChI=1S/C14H18N2/c1-16-8-6-11(7-9-16)13-10-15-14-5-3-2-4-12(13)14/h2-5,10-11,15H,6-9H2,1H3. The maximum Gasteiger partial charge on any atom is 0.0456 e. The van der Waals surface area contributed by atoms with Crippen molar-refractivity contribution in [2.24, 2.45) is 0 Å². The fraction of sp³-hybridized carbons (Fsp3) is 0.429. The third kappa shape index (κ3) is 1.63. The number of hydrogen-bond donors (Lipinski definition) is 1. The van der Waals surface area contributed by atoms with Crippen LogP contribution in [0.1, 0.15) is 24.3 Å². The van der Waals surface area contributed by atoms with Crippen molar-refractivity contribution in [1.29, 1.82) is 0 Å². The molecule has 3 rings (SSSR count). The molecule has 0 bridgehead atoms. The van der Waals surface area contributed by atoms with Gasteiger partial charge in [-0.15, -0.1) is 0 Å². The Morgan fingerprint density at radius 3 is 2.75 bits per heavy atom. The fourth-order valence-corrected chi connectivity index (χ4v) is 2.75. The van der Waals surface area contributed by atoms with Crippen LogP contribution in [0, 0.1) is 0 Å². The van der Waals surface area contributed by atoms with Gasteiger partial charge in [0.05, 0.1) is 0 Å². The van der Waals surface area contributed by atoms with E-state index in [1.165, 1.54) is 42.4 Å². The molecule has 1 saturated heterocycles. The van der Waals surface area contributed by atoms with Crippen LogP contribution in [0.3, 0.4) is 0 Å². The number of piperidine rings is 1. The highest BCUT2D eigenvalue weighted by molar-refractivity contribution is 5.83. The van der Waals surface area contributed by atoms with Gasteiger partial charge in [0.2, 0.25) is 0 Å². The molecule has 1 aliphatic rings. The van der Waals surface area contributed by atoms with E-state index in [1.807, 2.05) is 0 Å². The third-order valence-corrected chi connectivity index (χ3v) is 3.78. The quantitative estimate of drug-likeness (QED) is 0.773. The zero-order chi connectivity index (χ0) is 11.0. The van der Waals surface area contributed by atoms with Gasteiger partial charge in [-0.3, -0.25) is 0 Å². The van der Waals surface area contributed by atoms with E-state index in [0.29, 0.717) is 0 Å². The number of nitrogens with one attached hydrogen (secondary N) is 1. The van der Waals surface area contributed by atoms with E-state index in [0.717, 1.165) is 5.92 Å². The molecule has 0 aliphatic carbocycles. The van der Waals surface area contributed by atoms with Crippen LogP contribution in [0.15, 0.2) is 30.5 Å². The van der Waals surface area contributed by atoms with Crippen molar-refractivity contribution in [2.45, 2.75) is 18.8 Å². The Kier molecular flexibility index (Phi) is 2.44. The average molecular weight is 214 g/mol. The third-order valence-electron chi connectivity index (χ3n) is 3.78. The number of aromatic nitrogens is 1. The van der Waals surface area contributed by atoms with Crippen molar-refractivity contribution in [2.75, 3.05) is 20.1 Å². The molecule has 0 amide bonds. The molecule has 1 aromatic carbocycles. The fourth-order valence-electron chi connectivity index (χ4n) is 2.75. The first-order valence-electron chi connectivity index (χ1n) is 6.09. The Morgan fingerprint density at radius 1 is 1.19 bits per heavy atom. The Bertz CT molecular complexity index is 478. The first kappa shape index (κ1) is 9.91. The summed E-state index contributed by atoms with van der Waals surface area (Å²) in [5.41, 5.74) is 2.79. The number of rotatable bonds is 1. The van der Waals surface area contributed by atoms with Crippen LogP contribution in [-0.4, -0.2) is 30.0 Å². The van der Waals surface area contributed by atoms with Crippen LogP contribution >= 0.6 is 0 Å². The molecular weight excluding hydrogens is 196 g/mol. The maximum absolute atomic E-state index is 3.38. The van der Waals surface area contributed by atoms with Gasteiger partial charge in [-0.2, -0.15) is 0 Å². The van der Waals surface area contributed by atoms with Crippen LogP contribution in [0.25, 0.3) is 10.9 Å². The van der Waals surface area contributed by atoms with Crippen molar-refractivity contribution in [3.8, 4) is 0 Å². The highest BCUT2D eigenvalue weighted by Crippen LogP contribution is 2.32. The lowest BCUT2D eigenvalue weighted by Crippen LogP contribution is -2.29. The average Bonchev–Trinajstić information content (AvgIpc) is 2.74. The van der Waals surface area contributed by atoms with Crippen LogP contribution in [0.2, 0.25) is 0 Å². The van der Waals surface area contributed by atoms with Crippen LogP contribution in [0.4, 0.5) is 0 Å². The number of para-hydroxylation sites is 1. The largest absolute Gasteiger partial charge is 0.361 e. The predicted molar refractivity (Wildman–Crippen MR) is 67.8 cm³/mol. The molecule has 0 unspecified atom stereocenters. The lowest BCUT2D eigenvalue weighted by atomic mass is 9.89. The molecule has 2 aromatic rings. The van der Waals surface area contributed by atoms with E-state index < -0.39 is 0 Å². The summed E-state index contributed by atoms with van der Waals surface area (Å²) in [7, 11) is 2.21. The normalized spacial score (nSPS) is 19.3. The van der Waals surface area contributed by atoms with Gasteiger partial charge in [0.25, 0.3) is 0 Å². The topological polar surface area (TPSA) is 19.0 Å². The molecule has 2 heteroatoms. The summed E-state index contributed by atoms with van der Waals surface area (Å²) in [5.74, 6) is 0.743. The highest BCUT2D eigenvalue weighted by Gasteiger charge is 2.20. The summed E-state index contributed by atoms with van der Waals surface area (Å²) in [6, 6.07) is 8.62. The van der Waals surface area contributed by atoms with E-state index in [-0.39, 0.29) is 0 Å². The first-order valence-corrected chi connectivity index (χ1v) is 6.09. The summed E-state index contributed by atoms with van der Waals surface area (Å²) in [5, 5.41) is 1.41. The monoisotopic (exact) mass is 214 g/mol. The molecule has 2 nitrogen and oxygen atoms in total. The minimum atomic E-state index is 0.743. The Balaban J connectivity index is 1.94. The van der Waals surface area contributed by atoms with E-state index in [1.54, 1.807) is 0 Å². The number of aromatic amines is 1. The van der Waals surface area contributed by atoms with Crippen molar-refractivity contribution >= 4 is 10.9 Å². The van der Waals surface area contributed by atoms with Crippen molar-refractivity contribution in [3.63, 3.8) is 0 Å². The number of hydrogen-bond acceptors (Lipinski definition) is 1. The Morgan fingerprint density at radius 2 is 1.94 bits per heavy atom. The Labute approximate surface area is 96.3 Å². The predicted octanol–water partition coefficient (Wildman–Crippen LogP) is 2.98. The second kappa shape index (κ2) is 3.95. The molecule has 16 heavy (non-hydrogen) atoms. The Hall–Kier alpha value is -1.28. The van der Waals surface area contributed by atoms with Crippen molar-refractivity contribution < 1.29 is 0 Å². The minimum absolute atomic E-state index is 0.743. The SMILES string of the molecule is CN1CCC(c2c[nH]c3ccccc23)CC1. The van der Waals surface area contributed by atoms with E-state index in [4.69, 9.17) is 0 Å². The number of H-pyrrole nitrogens is 1. The molecule has 1 N–H and O–H groups in total. The van der Waals surface area contributed by atoms with Crippen LogP contribution in [-0.2, 0) is 0 Å². The molecule has 2 heterocycles. The summed E-state index contributed by atoms with van der Waals surface area (Å²) >= 11 is 0. The molecular formula is C14H18N2. The smallest absolute Gasteiger partial charge is 0.0456 e.